The molecular weight excluding hydrogens is 236 g/mol. The number of nitrogens with zero attached hydrogens (tertiary/aromatic N) is 1. The quantitative estimate of drug-likeness (QED) is 0.901. The molecule has 0 radical (unpaired) electrons. The number of carbonyl (C=O) groups is 1. The Labute approximate surface area is 115 Å². The highest BCUT2D eigenvalue weighted by Crippen LogP contribution is 2.25. The van der Waals surface area contributed by atoms with E-state index in [0.29, 0.717) is 6.04 Å². The van der Waals surface area contributed by atoms with E-state index in [1.54, 1.807) is 6.92 Å². The van der Waals surface area contributed by atoms with Gasteiger partial charge < -0.3 is 10.6 Å². The lowest BCUT2D eigenvalue weighted by Crippen LogP contribution is -2.49. The Kier molecular flexibility index (Phi) is 4.59. The van der Waals surface area contributed by atoms with Crippen LogP contribution in [0.15, 0.2) is 24.3 Å². The summed E-state index contributed by atoms with van der Waals surface area (Å²) in [4.78, 5) is 14.2. The van der Waals surface area contributed by atoms with Crippen molar-refractivity contribution in [3.63, 3.8) is 0 Å². The third-order valence-corrected chi connectivity index (χ3v) is 3.90. The van der Waals surface area contributed by atoms with Gasteiger partial charge in [0.2, 0.25) is 5.91 Å². The monoisotopic (exact) mass is 260 g/mol. The van der Waals surface area contributed by atoms with Crippen molar-refractivity contribution in [3.8, 4) is 0 Å². The van der Waals surface area contributed by atoms with Crippen molar-refractivity contribution >= 4 is 5.91 Å². The Hall–Kier alpha value is -1.35. The number of rotatable bonds is 4. The van der Waals surface area contributed by atoms with Gasteiger partial charge in [-0.2, -0.15) is 0 Å². The fourth-order valence-corrected chi connectivity index (χ4v) is 2.92. The topological polar surface area (TPSA) is 46.3 Å². The smallest absolute Gasteiger partial charge is 0.239 e. The molecule has 1 aliphatic rings. The molecule has 2 N–H and O–H groups in total. The molecule has 19 heavy (non-hydrogen) atoms. The van der Waals surface area contributed by atoms with Crippen LogP contribution in [0.25, 0.3) is 0 Å². The Morgan fingerprint density at radius 1 is 1.42 bits per heavy atom. The minimum atomic E-state index is -0.399. The molecule has 3 heteroatoms. The molecule has 1 aromatic rings. The van der Waals surface area contributed by atoms with Crippen LogP contribution in [0.5, 0.6) is 0 Å². The summed E-state index contributed by atoms with van der Waals surface area (Å²) in [6.45, 7) is 4.70. The van der Waals surface area contributed by atoms with Gasteiger partial charge in [-0.15, -0.1) is 0 Å². The number of amides is 1. The first-order valence-corrected chi connectivity index (χ1v) is 7.26. The van der Waals surface area contributed by atoms with Gasteiger partial charge in [0.15, 0.2) is 0 Å². The molecule has 1 aliphatic carbocycles. The number of aryl methyl sites for hydroxylation is 1. The van der Waals surface area contributed by atoms with E-state index in [2.05, 4.69) is 31.2 Å². The van der Waals surface area contributed by atoms with Crippen molar-refractivity contribution in [1.82, 2.24) is 4.90 Å². The molecule has 0 bridgehead atoms. The standard InChI is InChI=1S/C16H24N2O/c1-3-10-18(16(19)12(2)17)15-9-8-13-6-4-5-7-14(13)11-15/h4-7,12,15H,3,8-11,17H2,1-2H3/t12-,15+/m0/s1. The highest BCUT2D eigenvalue weighted by atomic mass is 16.2. The molecule has 2 atom stereocenters. The molecule has 1 aromatic carbocycles. The van der Waals surface area contributed by atoms with Gasteiger partial charge in [-0.25, -0.2) is 0 Å². The summed E-state index contributed by atoms with van der Waals surface area (Å²) >= 11 is 0. The highest BCUT2D eigenvalue weighted by Gasteiger charge is 2.28. The lowest BCUT2D eigenvalue weighted by atomic mass is 9.87. The molecule has 0 heterocycles. The van der Waals surface area contributed by atoms with Crippen LogP contribution in [0.1, 0.15) is 37.8 Å². The molecule has 1 amide bonds. The molecule has 2 rings (SSSR count). The minimum Gasteiger partial charge on any atom is -0.338 e. The Morgan fingerprint density at radius 2 is 2.11 bits per heavy atom. The van der Waals surface area contributed by atoms with Gasteiger partial charge in [0.1, 0.15) is 0 Å². The van der Waals surface area contributed by atoms with Crippen LogP contribution in [0.2, 0.25) is 0 Å². The highest BCUT2D eigenvalue weighted by molar-refractivity contribution is 5.81. The number of nitrogens with two attached hydrogens (primary N) is 1. The fourth-order valence-electron chi connectivity index (χ4n) is 2.92. The van der Waals surface area contributed by atoms with E-state index < -0.39 is 6.04 Å². The number of carbonyl (C=O) groups excluding carboxylic acids is 1. The SMILES string of the molecule is CCCN(C(=O)[C@H](C)N)[C@@H]1CCc2ccccc2C1. The molecule has 0 unspecified atom stereocenters. The third-order valence-electron chi connectivity index (χ3n) is 3.90. The molecule has 0 spiro atoms. The van der Waals surface area contributed by atoms with Gasteiger partial charge in [0.25, 0.3) is 0 Å². The maximum atomic E-state index is 12.2. The van der Waals surface area contributed by atoms with E-state index in [1.807, 2.05) is 4.90 Å². The van der Waals surface area contributed by atoms with E-state index in [4.69, 9.17) is 5.73 Å². The normalized spacial score (nSPS) is 19.6. The van der Waals surface area contributed by atoms with Crippen molar-refractivity contribution in [1.29, 1.82) is 0 Å². The van der Waals surface area contributed by atoms with E-state index in [-0.39, 0.29) is 5.91 Å². The van der Waals surface area contributed by atoms with Crippen molar-refractivity contribution in [2.45, 2.75) is 51.6 Å². The minimum absolute atomic E-state index is 0.0891. The predicted molar refractivity (Wildman–Crippen MR) is 77.9 cm³/mol. The summed E-state index contributed by atoms with van der Waals surface area (Å²) < 4.78 is 0. The van der Waals surface area contributed by atoms with Gasteiger partial charge in [-0.3, -0.25) is 4.79 Å². The molecule has 0 aromatic heterocycles. The zero-order valence-electron chi connectivity index (χ0n) is 11.9. The van der Waals surface area contributed by atoms with Crippen LogP contribution in [-0.4, -0.2) is 29.4 Å². The fraction of sp³-hybridized carbons (Fsp3) is 0.562. The largest absolute Gasteiger partial charge is 0.338 e. The van der Waals surface area contributed by atoms with Crippen LogP contribution in [-0.2, 0) is 17.6 Å². The van der Waals surface area contributed by atoms with Crippen molar-refractivity contribution in [3.05, 3.63) is 35.4 Å². The van der Waals surface area contributed by atoms with Crippen molar-refractivity contribution in [2.24, 2.45) is 5.73 Å². The van der Waals surface area contributed by atoms with Crippen LogP contribution >= 0.6 is 0 Å². The van der Waals surface area contributed by atoms with Gasteiger partial charge >= 0.3 is 0 Å². The Bertz CT molecular complexity index is 442. The second-order valence-electron chi connectivity index (χ2n) is 5.49. The predicted octanol–water partition coefficient (Wildman–Crippen LogP) is 2.13. The Morgan fingerprint density at radius 3 is 2.74 bits per heavy atom. The zero-order valence-corrected chi connectivity index (χ0v) is 11.9. The molecule has 0 saturated carbocycles. The molecule has 0 saturated heterocycles. The molecular formula is C16H24N2O. The summed E-state index contributed by atoms with van der Waals surface area (Å²) in [6, 6.07) is 8.47. The molecule has 0 fully saturated rings. The number of hydrogen-bond donors (Lipinski definition) is 1. The third kappa shape index (κ3) is 3.16. The molecule has 104 valence electrons. The maximum Gasteiger partial charge on any atom is 0.239 e. The van der Waals surface area contributed by atoms with Crippen LogP contribution in [0.4, 0.5) is 0 Å². The van der Waals surface area contributed by atoms with Gasteiger partial charge in [-0.05, 0) is 43.7 Å². The van der Waals surface area contributed by atoms with Crippen molar-refractivity contribution in [2.75, 3.05) is 6.54 Å². The summed E-state index contributed by atoms with van der Waals surface area (Å²) in [5, 5.41) is 0. The van der Waals surface area contributed by atoms with Gasteiger partial charge in [0, 0.05) is 12.6 Å². The van der Waals surface area contributed by atoms with Crippen molar-refractivity contribution < 1.29 is 4.79 Å². The lowest BCUT2D eigenvalue weighted by Gasteiger charge is -2.36. The van der Waals surface area contributed by atoms with E-state index in [1.165, 1.54) is 11.1 Å². The summed E-state index contributed by atoms with van der Waals surface area (Å²) in [6.07, 6.45) is 4.06. The van der Waals surface area contributed by atoms with Crippen LogP contribution in [0.3, 0.4) is 0 Å². The molecule has 3 nitrogen and oxygen atoms in total. The molecule has 0 aliphatic heterocycles. The first kappa shape index (κ1) is 14.1. The van der Waals surface area contributed by atoms with E-state index in [0.717, 1.165) is 32.2 Å². The summed E-state index contributed by atoms with van der Waals surface area (Å²) in [7, 11) is 0. The number of hydrogen-bond acceptors (Lipinski definition) is 2. The average molecular weight is 260 g/mol. The summed E-state index contributed by atoms with van der Waals surface area (Å²) in [5.41, 5.74) is 8.60. The van der Waals surface area contributed by atoms with E-state index in [9.17, 15) is 4.79 Å². The van der Waals surface area contributed by atoms with Gasteiger partial charge in [-0.1, -0.05) is 31.2 Å². The zero-order chi connectivity index (χ0) is 13.8. The second-order valence-corrected chi connectivity index (χ2v) is 5.49. The Balaban J connectivity index is 2.14. The first-order valence-electron chi connectivity index (χ1n) is 7.26. The van der Waals surface area contributed by atoms with Crippen LogP contribution in [0, 0.1) is 0 Å². The second kappa shape index (κ2) is 6.20. The maximum absolute atomic E-state index is 12.2. The number of benzene rings is 1. The summed E-state index contributed by atoms with van der Waals surface area (Å²) in [5.74, 6) is 0.0891. The first-order chi connectivity index (χ1) is 9.13. The average Bonchev–Trinajstić information content (AvgIpc) is 2.43. The van der Waals surface area contributed by atoms with E-state index >= 15 is 0 Å². The number of fused-ring (bicyclic) bond motifs is 1. The van der Waals surface area contributed by atoms with Crippen LogP contribution < -0.4 is 5.73 Å². The lowest BCUT2D eigenvalue weighted by molar-refractivity contribution is -0.134. The van der Waals surface area contributed by atoms with Gasteiger partial charge in [0.05, 0.1) is 6.04 Å².